The molecule has 3 heteroatoms. The van der Waals surface area contributed by atoms with Gasteiger partial charge in [-0.1, -0.05) is 6.92 Å². The molecular weight excluding hydrogens is 174 g/mol. The highest BCUT2D eigenvalue weighted by atomic mass is 15.2. The normalized spacial score (nSPS) is 17.1. The zero-order valence-electron chi connectivity index (χ0n) is 8.66. The van der Waals surface area contributed by atoms with Crippen LogP contribution >= 0.6 is 0 Å². The second kappa shape index (κ2) is 4.42. The van der Waals surface area contributed by atoms with Gasteiger partial charge < -0.3 is 10.2 Å². The number of aryl methyl sites for hydroxylation is 1. The average Bonchev–Trinajstić information content (AvgIpc) is 2.30. The molecule has 3 nitrogen and oxygen atoms in total. The minimum atomic E-state index is 1.07. The fraction of sp³-hybridized carbons (Fsp3) is 0.545. The number of anilines is 1. The Morgan fingerprint density at radius 3 is 2.93 bits per heavy atom. The summed E-state index contributed by atoms with van der Waals surface area (Å²) in [6, 6.07) is 4.29. The molecule has 76 valence electrons. The molecule has 0 aliphatic carbocycles. The van der Waals surface area contributed by atoms with Crippen LogP contribution in [0.25, 0.3) is 0 Å². The van der Waals surface area contributed by atoms with E-state index in [-0.39, 0.29) is 0 Å². The molecule has 1 N–H and O–H groups in total. The van der Waals surface area contributed by atoms with Crippen molar-refractivity contribution in [1.29, 1.82) is 0 Å². The second-order valence-electron chi connectivity index (χ2n) is 3.61. The van der Waals surface area contributed by atoms with Crippen molar-refractivity contribution in [2.45, 2.75) is 13.3 Å². The smallest absolute Gasteiger partial charge is 0.128 e. The van der Waals surface area contributed by atoms with Gasteiger partial charge in [0.15, 0.2) is 0 Å². The van der Waals surface area contributed by atoms with Gasteiger partial charge in [-0.2, -0.15) is 0 Å². The van der Waals surface area contributed by atoms with Crippen molar-refractivity contribution < 1.29 is 0 Å². The molecule has 0 radical (unpaired) electrons. The highest BCUT2D eigenvalue weighted by Gasteiger charge is 2.10. The Balaban J connectivity index is 2.13. The van der Waals surface area contributed by atoms with Crippen LogP contribution in [0.3, 0.4) is 0 Å². The zero-order valence-corrected chi connectivity index (χ0v) is 8.66. The minimum Gasteiger partial charge on any atom is -0.354 e. The van der Waals surface area contributed by atoms with E-state index in [1.165, 1.54) is 5.56 Å². The molecule has 0 saturated carbocycles. The summed E-state index contributed by atoms with van der Waals surface area (Å²) in [4.78, 5) is 6.75. The lowest BCUT2D eigenvalue weighted by Crippen LogP contribution is -2.43. The number of pyridine rings is 1. The summed E-state index contributed by atoms with van der Waals surface area (Å²) in [7, 11) is 0. The van der Waals surface area contributed by atoms with Gasteiger partial charge >= 0.3 is 0 Å². The van der Waals surface area contributed by atoms with E-state index in [4.69, 9.17) is 0 Å². The van der Waals surface area contributed by atoms with E-state index in [0.717, 1.165) is 38.4 Å². The quantitative estimate of drug-likeness (QED) is 0.757. The van der Waals surface area contributed by atoms with Crippen molar-refractivity contribution in [2.75, 3.05) is 31.1 Å². The average molecular weight is 191 g/mol. The van der Waals surface area contributed by atoms with E-state index >= 15 is 0 Å². The number of hydrogen-bond acceptors (Lipinski definition) is 3. The third-order valence-corrected chi connectivity index (χ3v) is 2.66. The third kappa shape index (κ3) is 2.04. The van der Waals surface area contributed by atoms with Crippen molar-refractivity contribution in [2.24, 2.45) is 0 Å². The Bertz CT molecular complexity index is 292. The fourth-order valence-electron chi connectivity index (χ4n) is 1.75. The van der Waals surface area contributed by atoms with Crippen molar-refractivity contribution in [1.82, 2.24) is 10.3 Å². The zero-order chi connectivity index (χ0) is 9.80. The monoisotopic (exact) mass is 191 g/mol. The lowest BCUT2D eigenvalue weighted by atomic mass is 10.2. The maximum atomic E-state index is 4.41. The van der Waals surface area contributed by atoms with Gasteiger partial charge in [0.2, 0.25) is 0 Å². The van der Waals surface area contributed by atoms with Crippen LogP contribution in [0.1, 0.15) is 12.5 Å². The maximum Gasteiger partial charge on any atom is 0.128 e. The van der Waals surface area contributed by atoms with Crippen molar-refractivity contribution in [3.05, 3.63) is 23.9 Å². The highest BCUT2D eigenvalue weighted by molar-refractivity contribution is 5.41. The summed E-state index contributed by atoms with van der Waals surface area (Å²) in [6.07, 6.45) is 3.00. The number of hydrogen-bond donors (Lipinski definition) is 1. The number of aromatic nitrogens is 1. The summed E-state index contributed by atoms with van der Waals surface area (Å²) in [5, 5.41) is 3.34. The largest absolute Gasteiger partial charge is 0.354 e. The number of rotatable bonds is 2. The molecule has 14 heavy (non-hydrogen) atoms. The van der Waals surface area contributed by atoms with E-state index in [2.05, 4.69) is 34.3 Å². The predicted molar refractivity (Wildman–Crippen MR) is 58.7 cm³/mol. The van der Waals surface area contributed by atoms with Gasteiger partial charge in [0.05, 0.1) is 0 Å². The van der Waals surface area contributed by atoms with E-state index in [9.17, 15) is 0 Å². The molecule has 2 heterocycles. The molecule has 0 amide bonds. The molecule has 1 aromatic heterocycles. The highest BCUT2D eigenvalue weighted by Crippen LogP contribution is 2.13. The molecule has 1 aliphatic rings. The van der Waals surface area contributed by atoms with Crippen LogP contribution in [0.2, 0.25) is 0 Å². The van der Waals surface area contributed by atoms with E-state index in [1.807, 2.05) is 6.20 Å². The summed E-state index contributed by atoms with van der Waals surface area (Å²) in [5.41, 5.74) is 1.37. The van der Waals surface area contributed by atoms with Crippen LogP contribution < -0.4 is 10.2 Å². The van der Waals surface area contributed by atoms with Crippen LogP contribution in [0.5, 0.6) is 0 Å². The summed E-state index contributed by atoms with van der Waals surface area (Å²) < 4.78 is 0. The lowest BCUT2D eigenvalue weighted by molar-refractivity contribution is 0.585. The Hall–Kier alpha value is -1.09. The molecule has 0 aromatic carbocycles. The molecule has 2 rings (SSSR count). The first-order valence-electron chi connectivity index (χ1n) is 5.30. The molecule has 1 saturated heterocycles. The first-order chi connectivity index (χ1) is 6.90. The van der Waals surface area contributed by atoms with Gasteiger partial charge in [0.25, 0.3) is 0 Å². The van der Waals surface area contributed by atoms with Gasteiger partial charge in [0, 0.05) is 32.4 Å². The maximum absolute atomic E-state index is 4.41. The summed E-state index contributed by atoms with van der Waals surface area (Å²) >= 11 is 0. The Kier molecular flexibility index (Phi) is 2.99. The molecule has 0 atom stereocenters. The Morgan fingerprint density at radius 1 is 1.43 bits per heavy atom. The second-order valence-corrected chi connectivity index (χ2v) is 3.61. The molecule has 0 bridgehead atoms. The van der Waals surface area contributed by atoms with Gasteiger partial charge in [-0.15, -0.1) is 0 Å². The number of nitrogens with zero attached hydrogens (tertiary/aromatic N) is 2. The molecule has 0 spiro atoms. The standard InChI is InChI=1S/C11H17N3/c1-2-10-3-4-13-11(9-10)14-7-5-12-6-8-14/h3-4,9,12H,2,5-8H2,1H3. The van der Waals surface area contributed by atoms with E-state index in [1.54, 1.807) is 0 Å². The summed E-state index contributed by atoms with van der Waals surface area (Å²) in [6.45, 7) is 6.45. The lowest BCUT2D eigenvalue weighted by Gasteiger charge is -2.28. The van der Waals surface area contributed by atoms with Gasteiger partial charge in [-0.05, 0) is 24.1 Å². The van der Waals surface area contributed by atoms with Gasteiger partial charge in [-0.25, -0.2) is 4.98 Å². The molecule has 0 unspecified atom stereocenters. The SMILES string of the molecule is CCc1ccnc(N2CCNCC2)c1. The molecule has 1 aromatic rings. The van der Waals surface area contributed by atoms with Crippen LogP contribution in [0.15, 0.2) is 18.3 Å². The first-order valence-corrected chi connectivity index (χ1v) is 5.30. The topological polar surface area (TPSA) is 28.2 Å². The first kappa shape index (κ1) is 9.46. The Labute approximate surface area is 85.1 Å². The van der Waals surface area contributed by atoms with Crippen molar-refractivity contribution >= 4 is 5.82 Å². The summed E-state index contributed by atoms with van der Waals surface area (Å²) in [5.74, 6) is 1.13. The van der Waals surface area contributed by atoms with Gasteiger partial charge in [-0.3, -0.25) is 0 Å². The number of piperazine rings is 1. The fourth-order valence-corrected chi connectivity index (χ4v) is 1.75. The third-order valence-electron chi connectivity index (χ3n) is 2.66. The minimum absolute atomic E-state index is 1.07. The number of nitrogens with one attached hydrogen (secondary N) is 1. The predicted octanol–water partition coefficient (Wildman–Crippen LogP) is 1.05. The van der Waals surface area contributed by atoms with E-state index < -0.39 is 0 Å². The van der Waals surface area contributed by atoms with Crippen LogP contribution in [0.4, 0.5) is 5.82 Å². The Morgan fingerprint density at radius 2 is 2.21 bits per heavy atom. The van der Waals surface area contributed by atoms with Crippen molar-refractivity contribution in [3.8, 4) is 0 Å². The molecular formula is C11H17N3. The van der Waals surface area contributed by atoms with Crippen LogP contribution in [0, 0.1) is 0 Å². The molecule has 1 aliphatic heterocycles. The van der Waals surface area contributed by atoms with Crippen molar-refractivity contribution in [3.63, 3.8) is 0 Å². The van der Waals surface area contributed by atoms with E-state index in [0.29, 0.717) is 0 Å². The van der Waals surface area contributed by atoms with Crippen LogP contribution in [-0.2, 0) is 6.42 Å². The van der Waals surface area contributed by atoms with Crippen LogP contribution in [-0.4, -0.2) is 31.2 Å². The molecule has 1 fully saturated rings. The van der Waals surface area contributed by atoms with Gasteiger partial charge in [0.1, 0.15) is 5.82 Å².